The Bertz CT molecular complexity index is 451. The first-order valence-corrected chi connectivity index (χ1v) is 5.91. The number of carboxylic acid groups (broad SMARTS) is 1. The molecule has 0 aromatic heterocycles. The minimum absolute atomic E-state index is 0.168. The highest BCUT2D eigenvalue weighted by molar-refractivity contribution is 5.94. The number of aryl methyl sites for hydroxylation is 2. The number of carbonyl (C=O) groups is 2. The van der Waals surface area contributed by atoms with Gasteiger partial charge < -0.3 is 9.84 Å². The average Bonchev–Trinajstić information content (AvgIpc) is 2.30. The second kappa shape index (κ2) is 6.19. The summed E-state index contributed by atoms with van der Waals surface area (Å²) in [7, 11) is 0. The molecule has 0 bridgehead atoms. The number of carboxylic acids is 1. The van der Waals surface area contributed by atoms with Crippen molar-refractivity contribution in [1.29, 1.82) is 0 Å². The maximum atomic E-state index is 11.6. The molecule has 98 valence electrons. The van der Waals surface area contributed by atoms with Gasteiger partial charge in [-0.15, -0.1) is 0 Å². The van der Waals surface area contributed by atoms with Crippen molar-refractivity contribution in [3.8, 4) is 0 Å². The SMILES string of the molecule is CCOC(=O)C(Cc1cc(C)ccc1C)C(=O)O. The minimum Gasteiger partial charge on any atom is -0.481 e. The van der Waals surface area contributed by atoms with Crippen LogP contribution in [0, 0.1) is 19.8 Å². The Balaban J connectivity index is 2.93. The molecule has 1 rings (SSSR count). The molecular formula is C14H18O4. The number of ether oxygens (including phenoxy) is 1. The van der Waals surface area contributed by atoms with Gasteiger partial charge in [0, 0.05) is 0 Å². The number of benzene rings is 1. The van der Waals surface area contributed by atoms with E-state index >= 15 is 0 Å². The molecule has 1 aromatic rings. The van der Waals surface area contributed by atoms with Gasteiger partial charge in [-0.3, -0.25) is 9.59 Å². The number of carbonyl (C=O) groups excluding carboxylic acids is 1. The first kappa shape index (κ1) is 14.2. The van der Waals surface area contributed by atoms with Crippen molar-refractivity contribution in [3.63, 3.8) is 0 Å². The van der Waals surface area contributed by atoms with Gasteiger partial charge in [-0.1, -0.05) is 23.8 Å². The Hall–Kier alpha value is -1.84. The zero-order chi connectivity index (χ0) is 13.7. The van der Waals surface area contributed by atoms with Crippen molar-refractivity contribution in [2.24, 2.45) is 5.92 Å². The number of aliphatic carboxylic acids is 1. The quantitative estimate of drug-likeness (QED) is 0.642. The molecule has 0 amide bonds. The predicted octanol–water partition coefficient (Wildman–Crippen LogP) is 2.11. The van der Waals surface area contributed by atoms with Crippen LogP contribution in [-0.2, 0) is 20.7 Å². The number of hydrogen-bond donors (Lipinski definition) is 1. The molecule has 1 aromatic carbocycles. The van der Waals surface area contributed by atoms with Crippen molar-refractivity contribution in [2.45, 2.75) is 27.2 Å². The Morgan fingerprint density at radius 3 is 2.56 bits per heavy atom. The smallest absolute Gasteiger partial charge is 0.320 e. The fourth-order valence-corrected chi connectivity index (χ4v) is 1.75. The summed E-state index contributed by atoms with van der Waals surface area (Å²) < 4.78 is 4.79. The molecule has 0 saturated carbocycles. The molecule has 0 saturated heterocycles. The molecule has 1 unspecified atom stereocenters. The zero-order valence-electron chi connectivity index (χ0n) is 10.9. The van der Waals surface area contributed by atoms with E-state index in [1.165, 1.54) is 0 Å². The topological polar surface area (TPSA) is 63.6 Å². The summed E-state index contributed by atoms with van der Waals surface area (Å²) in [5, 5.41) is 9.09. The summed E-state index contributed by atoms with van der Waals surface area (Å²) in [5.41, 5.74) is 2.90. The lowest BCUT2D eigenvalue weighted by molar-refractivity contribution is -0.158. The molecule has 1 atom stereocenters. The van der Waals surface area contributed by atoms with Gasteiger partial charge in [-0.25, -0.2) is 0 Å². The van der Waals surface area contributed by atoms with Gasteiger partial charge in [0.2, 0.25) is 0 Å². The summed E-state index contributed by atoms with van der Waals surface area (Å²) in [6.07, 6.45) is 0.168. The van der Waals surface area contributed by atoms with Crippen LogP contribution >= 0.6 is 0 Å². The van der Waals surface area contributed by atoms with E-state index < -0.39 is 17.9 Å². The molecular weight excluding hydrogens is 232 g/mol. The third-order valence-corrected chi connectivity index (χ3v) is 2.80. The highest BCUT2D eigenvalue weighted by atomic mass is 16.5. The second-order valence-corrected chi connectivity index (χ2v) is 4.28. The molecule has 0 aliphatic heterocycles. The van der Waals surface area contributed by atoms with Gasteiger partial charge in [0.1, 0.15) is 0 Å². The third kappa shape index (κ3) is 3.58. The maximum absolute atomic E-state index is 11.6. The molecule has 18 heavy (non-hydrogen) atoms. The summed E-state index contributed by atoms with van der Waals surface area (Å²) in [6, 6.07) is 5.79. The molecule has 4 nitrogen and oxygen atoms in total. The summed E-state index contributed by atoms with van der Waals surface area (Å²) in [4.78, 5) is 22.7. The van der Waals surface area contributed by atoms with Gasteiger partial charge in [0.05, 0.1) is 6.61 Å². The molecule has 0 fully saturated rings. The van der Waals surface area contributed by atoms with Crippen LogP contribution in [0.4, 0.5) is 0 Å². The van der Waals surface area contributed by atoms with E-state index in [4.69, 9.17) is 9.84 Å². The number of esters is 1. The van der Waals surface area contributed by atoms with E-state index in [9.17, 15) is 9.59 Å². The Kier molecular flexibility index (Phi) is 4.89. The van der Waals surface area contributed by atoms with Crippen molar-refractivity contribution < 1.29 is 19.4 Å². The molecule has 4 heteroatoms. The lowest BCUT2D eigenvalue weighted by atomic mass is 9.95. The van der Waals surface area contributed by atoms with Gasteiger partial charge in [-0.05, 0) is 38.3 Å². The zero-order valence-corrected chi connectivity index (χ0v) is 10.9. The summed E-state index contributed by atoms with van der Waals surface area (Å²) in [5.74, 6) is -2.95. The number of hydrogen-bond acceptors (Lipinski definition) is 3. The van der Waals surface area contributed by atoms with Crippen molar-refractivity contribution in [2.75, 3.05) is 6.61 Å². The largest absolute Gasteiger partial charge is 0.481 e. The second-order valence-electron chi connectivity index (χ2n) is 4.28. The summed E-state index contributed by atoms with van der Waals surface area (Å²) in [6.45, 7) is 5.69. The van der Waals surface area contributed by atoms with E-state index in [-0.39, 0.29) is 13.0 Å². The van der Waals surface area contributed by atoms with E-state index in [0.29, 0.717) is 0 Å². The normalized spacial score (nSPS) is 11.9. The fraction of sp³-hybridized carbons (Fsp3) is 0.429. The Morgan fingerprint density at radius 1 is 1.33 bits per heavy atom. The van der Waals surface area contributed by atoms with Gasteiger partial charge in [0.15, 0.2) is 5.92 Å². The van der Waals surface area contributed by atoms with Crippen LogP contribution in [0.15, 0.2) is 18.2 Å². The lowest BCUT2D eigenvalue weighted by Gasteiger charge is -2.13. The van der Waals surface area contributed by atoms with Crippen LogP contribution in [0.2, 0.25) is 0 Å². The van der Waals surface area contributed by atoms with Crippen LogP contribution in [0.5, 0.6) is 0 Å². The average molecular weight is 250 g/mol. The fourth-order valence-electron chi connectivity index (χ4n) is 1.75. The molecule has 0 aliphatic carbocycles. The first-order valence-electron chi connectivity index (χ1n) is 5.91. The van der Waals surface area contributed by atoms with Crippen LogP contribution in [0.25, 0.3) is 0 Å². The van der Waals surface area contributed by atoms with Crippen LogP contribution in [-0.4, -0.2) is 23.7 Å². The standard InChI is InChI=1S/C14H18O4/c1-4-18-14(17)12(13(15)16)8-11-7-9(2)5-6-10(11)3/h5-7,12H,4,8H2,1-3H3,(H,15,16). The molecule has 0 heterocycles. The van der Waals surface area contributed by atoms with Crippen LogP contribution < -0.4 is 0 Å². The van der Waals surface area contributed by atoms with E-state index in [1.54, 1.807) is 6.92 Å². The predicted molar refractivity (Wildman–Crippen MR) is 67.4 cm³/mol. The molecule has 1 N–H and O–H groups in total. The van der Waals surface area contributed by atoms with Gasteiger partial charge in [-0.2, -0.15) is 0 Å². The molecule has 0 aliphatic rings. The number of rotatable bonds is 5. The van der Waals surface area contributed by atoms with Crippen LogP contribution in [0.1, 0.15) is 23.6 Å². The maximum Gasteiger partial charge on any atom is 0.320 e. The van der Waals surface area contributed by atoms with Gasteiger partial charge >= 0.3 is 11.9 Å². The van der Waals surface area contributed by atoms with Crippen molar-refractivity contribution in [3.05, 3.63) is 34.9 Å². The highest BCUT2D eigenvalue weighted by Gasteiger charge is 2.28. The monoisotopic (exact) mass is 250 g/mol. The summed E-state index contributed by atoms with van der Waals surface area (Å²) >= 11 is 0. The molecule has 0 radical (unpaired) electrons. The Labute approximate surface area is 107 Å². The first-order chi connectivity index (χ1) is 8.45. The van der Waals surface area contributed by atoms with Crippen molar-refractivity contribution >= 4 is 11.9 Å². The highest BCUT2D eigenvalue weighted by Crippen LogP contribution is 2.17. The third-order valence-electron chi connectivity index (χ3n) is 2.80. The van der Waals surface area contributed by atoms with Crippen molar-refractivity contribution in [1.82, 2.24) is 0 Å². The van der Waals surface area contributed by atoms with E-state index in [2.05, 4.69) is 0 Å². The van der Waals surface area contributed by atoms with Gasteiger partial charge in [0.25, 0.3) is 0 Å². The van der Waals surface area contributed by atoms with E-state index in [0.717, 1.165) is 16.7 Å². The Morgan fingerprint density at radius 2 is 2.00 bits per heavy atom. The van der Waals surface area contributed by atoms with Crippen LogP contribution in [0.3, 0.4) is 0 Å². The molecule has 0 spiro atoms. The lowest BCUT2D eigenvalue weighted by Crippen LogP contribution is -2.28. The minimum atomic E-state index is -1.14. The van der Waals surface area contributed by atoms with E-state index in [1.807, 2.05) is 32.0 Å².